The molecule has 1 saturated heterocycles. The van der Waals surface area contributed by atoms with Crippen LogP contribution in [0.1, 0.15) is 87.3 Å². The van der Waals surface area contributed by atoms with Crippen LogP contribution in [0.3, 0.4) is 0 Å². The Labute approximate surface area is 240 Å². The van der Waals surface area contributed by atoms with Gasteiger partial charge in [-0.3, -0.25) is 4.90 Å². The summed E-state index contributed by atoms with van der Waals surface area (Å²) in [6, 6.07) is 1.32. The van der Waals surface area contributed by atoms with Crippen LogP contribution in [0.25, 0.3) is 11.0 Å². The van der Waals surface area contributed by atoms with E-state index in [1.807, 2.05) is 40.7 Å². The standard InChI is InChI=1S/C29H41BF3N3O5/c1-17(2)35-16-34-23-14-21(13-22(24(23)35)29(31,32)33)38-15-20-12-19(30-40-27(7,8)28(9,10)41-30)11-18(3)36(20)25(37)39-26(4,5)6/h11,13-14,16-18,20H,12,15H2,1-10H3/t18-,20-/m0/s1. The molecule has 2 atom stereocenters. The normalized spacial score (nSPS) is 22.8. The summed E-state index contributed by atoms with van der Waals surface area (Å²) in [5.41, 5.74) is -1.64. The first kappa shape index (κ1) is 31.2. The van der Waals surface area contributed by atoms with Gasteiger partial charge >= 0.3 is 19.4 Å². The molecule has 41 heavy (non-hydrogen) atoms. The van der Waals surface area contributed by atoms with E-state index in [9.17, 15) is 18.0 Å². The molecular weight excluding hydrogens is 538 g/mol. The van der Waals surface area contributed by atoms with Crippen LogP contribution >= 0.6 is 0 Å². The molecule has 8 nitrogen and oxygen atoms in total. The van der Waals surface area contributed by atoms with Gasteiger partial charge in [-0.1, -0.05) is 6.08 Å². The first-order valence-corrected chi connectivity index (χ1v) is 14.0. The molecular formula is C29H41BF3N3O5. The summed E-state index contributed by atoms with van der Waals surface area (Å²) in [6.07, 6.45) is -1.49. The van der Waals surface area contributed by atoms with E-state index in [4.69, 9.17) is 18.8 Å². The van der Waals surface area contributed by atoms with Crippen molar-refractivity contribution in [3.8, 4) is 5.75 Å². The van der Waals surface area contributed by atoms with Gasteiger partial charge in [0, 0.05) is 12.1 Å². The molecule has 2 aliphatic heterocycles. The van der Waals surface area contributed by atoms with E-state index < -0.39 is 53.8 Å². The molecule has 2 aromatic rings. The first-order valence-electron chi connectivity index (χ1n) is 14.0. The zero-order valence-electron chi connectivity index (χ0n) is 25.5. The van der Waals surface area contributed by atoms with Crippen molar-refractivity contribution in [2.24, 2.45) is 0 Å². The van der Waals surface area contributed by atoms with E-state index >= 15 is 0 Å². The number of carbonyl (C=O) groups excluding carboxylic acids is 1. The number of carbonyl (C=O) groups is 1. The third-order valence-electron chi connectivity index (χ3n) is 7.87. The molecule has 0 bridgehead atoms. The third kappa shape index (κ3) is 6.38. The van der Waals surface area contributed by atoms with Gasteiger partial charge in [0.1, 0.15) is 18.0 Å². The largest absolute Gasteiger partial charge is 0.491 e. The molecule has 1 aromatic heterocycles. The fourth-order valence-electron chi connectivity index (χ4n) is 5.13. The summed E-state index contributed by atoms with van der Waals surface area (Å²) >= 11 is 0. The maximum absolute atomic E-state index is 14.1. The van der Waals surface area contributed by atoms with Crippen LogP contribution in [0.15, 0.2) is 30.0 Å². The van der Waals surface area contributed by atoms with E-state index in [1.165, 1.54) is 17.0 Å². The lowest BCUT2D eigenvalue weighted by molar-refractivity contribution is -0.136. The van der Waals surface area contributed by atoms with Crippen LogP contribution in [0.5, 0.6) is 5.75 Å². The second kappa shape index (κ2) is 10.5. The Balaban J connectivity index is 1.66. The fraction of sp³-hybridized carbons (Fsp3) is 0.655. The highest BCUT2D eigenvalue weighted by Gasteiger charge is 2.53. The lowest BCUT2D eigenvalue weighted by atomic mass is 9.72. The molecule has 0 unspecified atom stereocenters. The monoisotopic (exact) mass is 579 g/mol. The van der Waals surface area contributed by atoms with Gasteiger partial charge in [-0.25, -0.2) is 9.78 Å². The summed E-state index contributed by atoms with van der Waals surface area (Å²) < 4.78 is 68.1. The number of benzene rings is 1. The number of hydrogen-bond donors (Lipinski definition) is 0. The number of fused-ring (bicyclic) bond motifs is 1. The minimum absolute atomic E-state index is 0.00694. The highest BCUT2D eigenvalue weighted by Crippen LogP contribution is 2.41. The van der Waals surface area contributed by atoms with Crippen LogP contribution in [0.2, 0.25) is 0 Å². The van der Waals surface area contributed by atoms with E-state index in [0.717, 1.165) is 11.5 Å². The maximum atomic E-state index is 14.1. The van der Waals surface area contributed by atoms with Crippen molar-refractivity contribution >= 4 is 24.2 Å². The Hall–Kier alpha value is -2.73. The minimum Gasteiger partial charge on any atom is -0.491 e. The lowest BCUT2D eigenvalue weighted by Crippen LogP contribution is -2.53. The number of aromatic nitrogens is 2. The number of alkyl halides is 3. The molecule has 0 N–H and O–H groups in total. The van der Waals surface area contributed by atoms with Crippen molar-refractivity contribution in [3.05, 3.63) is 35.6 Å². The van der Waals surface area contributed by atoms with Gasteiger partial charge < -0.3 is 23.3 Å². The quantitative estimate of drug-likeness (QED) is 0.356. The number of ether oxygens (including phenoxy) is 2. The van der Waals surface area contributed by atoms with Gasteiger partial charge in [0.25, 0.3) is 0 Å². The second-order valence-corrected chi connectivity index (χ2v) is 13.2. The summed E-state index contributed by atoms with van der Waals surface area (Å²) in [5.74, 6) is 0.0161. The van der Waals surface area contributed by atoms with E-state index in [1.54, 1.807) is 39.5 Å². The van der Waals surface area contributed by atoms with Crippen molar-refractivity contribution in [2.75, 3.05) is 6.61 Å². The SMILES string of the molecule is CC(C)n1cnc2cc(OC[C@@H]3CC(B4OC(C)(C)C(C)(C)O4)=C[C@H](C)N3C(=O)OC(C)(C)C)cc(C(F)(F)F)c21. The van der Waals surface area contributed by atoms with Crippen molar-refractivity contribution in [3.63, 3.8) is 0 Å². The summed E-state index contributed by atoms with van der Waals surface area (Å²) in [5, 5.41) is 0. The van der Waals surface area contributed by atoms with Gasteiger partial charge in [-0.15, -0.1) is 0 Å². The third-order valence-corrected chi connectivity index (χ3v) is 7.87. The number of imidazole rings is 1. The minimum atomic E-state index is -4.61. The summed E-state index contributed by atoms with van der Waals surface area (Å²) in [4.78, 5) is 19.1. The van der Waals surface area contributed by atoms with Crippen molar-refractivity contribution in [1.29, 1.82) is 0 Å². The van der Waals surface area contributed by atoms with E-state index in [0.29, 0.717) is 6.42 Å². The molecule has 226 valence electrons. The highest BCUT2D eigenvalue weighted by molar-refractivity contribution is 6.54. The molecule has 3 heterocycles. The predicted molar refractivity (Wildman–Crippen MR) is 151 cm³/mol. The molecule has 0 aliphatic carbocycles. The van der Waals surface area contributed by atoms with Crippen molar-refractivity contribution in [1.82, 2.24) is 14.5 Å². The van der Waals surface area contributed by atoms with Crippen molar-refractivity contribution < 1.29 is 36.7 Å². The number of hydrogen-bond acceptors (Lipinski definition) is 6. The fourth-order valence-corrected chi connectivity index (χ4v) is 5.13. The van der Waals surface area contributed by atoms with E-state index in [2.05, 4.69) is 4.98 Å². The smallest absolute Gasteiger partial charge is 0.490 e. The van der Waals surface area contributed by atoms with E-state index in [-0.39, 0.29) is 29.4 Å². The lowest BCUT2D eigenvalue weighted by Gasteiger charge is -2.40. The molecule has 12 heteroatoms. The van der Waals surface area contributed by atoms with Crippen LogP contribution in [0.4, 0.5) is 18.0 Å². The second-order valence-electron chi connectivity index (χ2n) is 13.2. The number of halogens is 3. The average Bonchev–Trinajstić information content (AvgIpc) is 3.32. The summed E-state index contributed by atoms with van der Waals surface area (Å²) in [6.45, 7) is 18.6. The van der Waals surface area contributed by atoms with Gasteiger partial charge in [0.15, 0.2) is 0 Å². The Morgan fingerprint density at radius 3 is 2.29 bits per heavy atom. The number of nitrogens with zero attached hydrogens (tertiary/aromatic N) is 3. The zero-order valence-corrected chi connectivity index (χ0v) is 25.5. The first-order chi connectivity index (χ1) is 18.7. The molecule has 4 rings (SSSR count). The molecule has 0 radical (unpaired) electrons. The molecule has 1 fully saturated rings. The van der Waals surface area contributed by atoms with Gasteiger partial charge in [0.05, 0.1) is 46.2 Å². The number of amides is 1. The topological polar surface area (TPSA) is 75.1 Å². The van der Waals surface area contributed by atoms with Crippen LogP contribution in [0, 0.1) is 0 Å². The zero-order chi connectivity index (χ0) is 30.7. The molecule has 2 aliphatic rings. The molecule has 1 aromatic carbocycles. The van der Waals surface area contributed by atoms with Gasteiger partial charge in [-0.2, -0.15) is 13.2 Å². The molecule has 0 spiro atoms. The van der Waals surface area contributed by atoms with Crippen LogP contribution in [-0.4, -0.2) is 63.2 Å². The van der Waals surface area contributed by atoms with Crippen LogP contribution in [-0.2, 0) is 20.2 Å². The Bertz CT molecular complexity index is 1310. The highest BCUT2D eigenvalue weighted by atomic mass is 19.4. The summed E-state index contributed by atoms with van der Waals surface area (Å²) in [7, 11) is -0.626. The van der Waals surface area contributed by atoms with Crippen LogP contribution < -0.4 is 4.74 Å². The molecule has 1 amide bonds. The predicted octanol–water partition coefficient (Wildman–Crippen LogP) is 6.97. The Kier molecular flexibility index (Phi) is 8.01. The number of rotatable bonds is 5. The molecule has 0 saturated carbocycles. The van der Waals surface area contributed by atoms with Gasteiger partial charge in [-0.05, 0) is 87.2 Å². The Morgan fingerprint density at radius 2 is 1.76 bits per heavy atom. The van der Waals surface area contributed by atoms with Crippen molar-refractivity contribution in [2.45, 2.75) is 117 Å². The Morgan fingerprint density at radius 1 is 1.15 bits per heavy atom. The van der Waals surface area contributed by atoms with Gasteiger partial charge in [0.2, 0.25) is 0 Å². The maximum Gasteiger partial charge on any atom is 0.490 e. The average molecular weight is 579 g/mol.